The Morgan fingerprint density at radius 1 is 0.895 bits per heavy atom. The van der Waals surface area contributed by atoms with Gasteiger partial charge in [-0.2, -0.15) is 0 Å². The molecule has 0 saturated heterocycles. The van der Waals surface area contributed by atoms with Crippen LogP contribution in [0.15, 0.2) is 30.5 Å². The van der Waals surface area contributed by atoms with Gasteiger partial charge < -0.3 is 42.0 Å². The van der Waals surface area contributed by atoms with Crippen LogP contribution in [0.1, 0.15) is 39.2 Å². The summed E-state index contributed by atoms with van der Waals surface area (Å²) >= 11 is 0. The zero-order valence-corrected chi connectivity index (χ0v) is 21.4. The lowest BCUT2D eigenvalue weighted by atomic mass is 10.0. The summed E-state index contributed by atoms with van der Waals surface area (Å²) in [4.78, 5) is 64.8. The van der Waals surface area contributed by atoms with E-state index in [-0.39, 0.29) is 18.8 Å². The molecule has 9 N–H and O–H groups in total. The van der Waals surface area contributed by atoms with Crippen LogP contribution < -0.4 is 21.7 Å². The number of H-pyrrole nitrogens is 1. The van der Waals surface area contributed by atoms with Gasteiger partial charge in [0.05, 0.1) is 12.5 Å². The van der Waals surface area contributed by atoms with E-state index in [4.69, 9.17) is 5.73 Å². The first-order valence-corrected chi connectivity index (χ1v) is 12.1. The number of hydrogen-bond donors (Lipinski definition) is 8. The molecule has 3 amide bonds. The highest BCUT2D eigenvalue weighted by atomic mass is 16.4. The molecule has 0 saturated carbocycles. The number of carbonyl (C=O) groups is 5. The average molecular weight is 534 g/mol. The van der Waals surface area contributed by atoms with Crippen LogP contribution >= 0.6 is 0 Å². The fraction of sp³-hybridized carbons (Fsp3) is 0.480. The first-order valence-electron chi connectivity index (χ1n) is 12.1. The summed E-state index contributed by atoms with van der Waals surface area (Å²) < 4.78 is 0. The van der Waals surface area contributed by atoms with Crippen molar-refractivity contribution in [3.63, 3.8) is 0 Å². The number of aromatic nitrogens is 1. The molecule has 13 nitrogen and oxygen atoms in total. The number of carboxylic acid groups (broad SMARTS) is 2. The monoisotopic (exact) mass is 533 g/mol. The molecule has 1 aromatic heterocycles. The summed E-state index contributed by atoms with van der Waals surface area (Å²) in [6.45, 7) is 4.85. The molecule has 208 valence electrons. The molecule has 0 aliphatic heterocycles. The van der Waals surface area contributed by atoms with Crippen molar-refractivity contribution in [1.82, 2.24) is 20.9 Å². The van der Waals surface area contributed by atoms with Crippen molar-refractivity contribution < 1.29 is 39.3 Å². The van der Waals surface area contributed by atoms with Gasteiger partial charge in [0, 0.05) is 23.5 Å². The molecule has 38 heavy (non-hydrogen) atoms. The van der Waals surface area contributed by atoms with Crippen LogP contribution in [-0.4, -0.2) is 80.2 Å². The molecule has 0 fully saturated rings. The van der Waals surface area contributed by atoms with Gasteiger partial charge in [-0.1, -0.05) is 32.0 Å². The number of nitrogens with two attached hydrogens (primary N) is 1. The standard InChI is InChI=1S/C25H35N5O8/c1-12(2)8-19(25(37)38)30-22(34)17(9-14-11-27-16-7-5-4-6-15(14)16)28-23(35)18(10-20(32)33)29-24(36)21(26)13(3)31/h4-7,11-13,17-19,21,27,31H,8-10,26H2,1-3H3,(H,28,35)(H,29,36)(H,30,34)(H,32,33)(H,37,38). The molecule has 0 aliphatic carbocycles. The van der Waals surface area contributed by atoms with Gasteiger partial charge in [0.15, 0.2) is 0 Å². The lowest BCUT2D eigenvalue weighted by Crippen LogP contribution is -2.59. The van der Waals surface area contributed by atoms with E-state index in [0.717, 1.165) is 10.9 Å². The second-order valence-electron chi connectivity index (χ2n) is 9.58. The van der Waals surface area contributed by atoms with Gasteiger partial charge >= 0.3 is 11.9 Å². The number of fused-ring (bicyclic) bond motifs is 1. The third kappa shape index (κ3) is 8.56. The maximum Gasteiger partial charge on any atom is 0.326 e. The van der Waals surface area contributed by atoms with Crippen molar-refractivity contribution in [2.45, 2.75) is 70.3 Å². The number of carboxylic acids is 2. The van der Waals surface area contributed by atoms with Gasteiger partial charge in [-0.25, -0.2) is 4.79 Å². The van der Waals surface area contributed by atoms with Crippen molar-refractivity contribution in [1.29, 1.82) is 0 Å². The number of hydrogen-bond acceptors (Lipinski definition) is 7. The normalized spacial score (nSPS) is 15.2. The minimum atomic E-state index is -1.62. The minimum absolute atomic E-state index is 0.0497. The largest absolute Gasteiger partial charge is 0.481 e. The van der Waals surface area contributed by atoms with Gasteiger partial charge in [-0.05, 0) is 30.9 Å². The predicted molar refractivity (Wildman–Crippen MR) is 137 cm³/mol. The summed E-state index contributed by atoms with van der Waals surface area (Å²) in [5, 5.41) is 36.3. The van der Waals surface area contributed by atoms with E-state index < -0.39 is 66.4 Å². The maximum atomic E-state index is 13.2. The minimum Gasteiger partial charge on any atom is -0.481 e. The molecule has 1 heterocycles. The van der Waals surface area contributed by atoms with Crippen LogP contribution in [0, 0.1) is 5.92 Å². The number of benzene rings is 1. The molecule has 0 spiro atoms. The van der Waals surface area contributed by atoms with Crippen molar-refractivity contribution in [2.24, 2.45) is 11.7 Å². The van der Waals surface area contributed by atoms with Crippen molar-refractivity contribution in [3.8, 4) is 0 Å². The highest BCUT2D eigenvalue weighted by Gasteiger charge is 2.32. The van der Waals surface area contributed by atoms with E-state index in [9.17, 15) is 39.3 Å². The van der Waals surface area contributed by atoms with Crippen LogP contribution in [0.4, 0.5) is 0 Å². The summed E-state index contributed by atoms with van der Waals surface area (Å²) in [6.07, 6.45) is -0.354. The molecule has 0 radical (unpaired) electrons. The number of aliphatic carboxylic acids is 2. The zero-order valence-electron chi connectivity index (χ0n) is 21.4. The van der Waals surface area contributed by atoms with E-state index in [1.165, 1.54) is 6.92 Å². The van der Waals surface area contributed by atoms with Crippen molar-refractivity contribution in [3.05, 3.63) is 36.0 Å². The maximum absolute atomic E-state index is 13.2. The van der Waals surface area contributed by atoms with Gasteiger partial charge in [0.1, 0.15) is 24.2 Å². The summed E-state index contributed by atoms with van der Waals surface area (Å²) in [5.74, 6) is -5.44. The lowest BCUT2D eigenvalue weighted by Gasteiger charge is -2.25. The Kier molecular flexibility index (Phi) is 10.8. The Morgan fingerprint density at radius 3 is 2.05 bits per heavy atom. The van der Waals surface area contributed by atoms with Gasteiger partial charge in [0.2, 0.25) is 17.7 Å². The number of aliphatic hydroxyl groups is 1. The highest BCUT2D eigenvalue weighted by Crippen LogP contribution is 2.19. The Labute approximate surface area is 219 Å². The third-order valence-electron chi connectivity index (χ3n) is 5.89. The third-order valence-corrected chi connectivity index (χ3v) is 5.89. The molecular weight excluding hydrogens is 498 g/mol. The van der Waals surface area contributed by atoms with Crippen LogP contribution in [0.5, 0.6) is 0 Å². The number of aliphatic hydroxyl groups excluding tert-OH is 1. The number of aromatic amines is 1. The Morgan fingerprint density at radius 2 is 1.47 bits per heavy atom. The second kappa shape index (κ2) is 13.5. The highest BCUT2D eigenvalue weighted by molar-refractivity contribution is 5.96. The molecule has 5 atom stereocenters. The van der Waals surface area contributed by atoms with E-state index in [2.05, 4.69) is 20.9 Å². The van der Waals surface area contributed by atoms with Crippen LogP contribution in [-0.2, 0) is 30.4 Å². The van der Waals surface area contributed by atoms with Crippen LogP contribution in [0.25, 0.3) is 10.9 Å². The molecule has 5 unspecified atom stereocenters. The van der Waals surface area contributed by atoms with Crippen LogP contribution in [0.2, 0.25) is 0 Å². The summed E-state index contributed by atoms with van der Waals surface area (Å²) in [6, 6.07) is 1.67. The van der Waals surface area contributed by atoms with E-state index in [0.29, 0.717) is 5.56 Å². The number of carbonyl (C=O) groups excluding carboxylic acids is 3. The van der Waals surface area contributed by atoms with Gasteiger partial charge in [-0.3, -0.25) is 19.2 Å². The summed E-state index contributed by atoms with van der Waals surface area (Å²) in [7, 11) is 0. The fourth-order valence-electron chi connectivity index (χ4n) is 3.84. The first kappa shape index (κ1) is 30.3. The predicted octanol–water partition coefficient (Wildman–Crippen LogP) is -0.522. The van der Waals surface area contributed by atoms with Crippen molar-refractivity contribution in [2.75, 3.05) is 0 Å². The quantitative estimate of drug-likeness (QED) is 0.156. The molecule has 2 aromatic rings. The molecular formula is C25H35N5O8. The van der Waals surface area contributed by atoms with E-state index in [1.807, 2.05) is 18.2 Å². The zero-order chi connectivity index (χ0) is 28.6. The average Bonchev–Trinajstić information content (AvgIpc) is 3.24. The van der Waals surface area contributed by atoms with Gasteiger partial charge in [0.25, 0.3) is 0 Å². The Hall–Kier alpha value is -3.97. The Bertz CT molecular complexity index is 1160. The molecule has 1 aromatic carbocycles. The first-order chi connectivity index (χ1) is 17.8. The summed E-state index contributed by atoms with van der Waals surface area (Å²) in [5.41, 5.74) is 7.01. The fourth-order valence-corrected chi connectivity index (χ4v) is 3.84. The Balaban J connectivity index is 2.34. The SMILES string of the molecule is CC(C)CC(NC(=O)C(Cc1c[nH]c2ccccc12)NC(=O)C(CC(=O)O)NC(=O)C(N)C(C)O)C(=O)O. The van der Waals surface area contributed by atoms with E-state index in [1.54, 1.807) is 26.1 Å². The van der Waals surface area contributed by atoms with Gasteiger partial charge in [-0.15, -0.1) is 0 Å². The lowest BCUT2D eigenvalue weighted by molar-refractivity contribution is -0.143. The van der Waals surface area contributed by atoms with E-state index >= 15 is 0 Å². The second-order valence-corrected chi connectivity index (χ2v) is 9.58. The van der Waals surface area contributed by atoms with Crippen molar-refractivity contribution >= 4 is 40.6 Å². The number of para-hydroxylation sites is 1. The molecule has 0 aliphatic rings. The number of rotatable bonds is 14. The smallest absolute Gasteiger partial charge is 0.326 e. The topological polar surface area (TPSA) is 224 Å². The number of nitrogens with one attached hydrogen (secondary N) is 4. The van der Waals surface area contributed by atoms with Crippen LogP contribution in [0.3, 0.4) is 0 Å². The number of amides is 3. The molecule has 0 bridgehead atoms. The molecule has 13 heteroatoms. The molecule has 2 rings (SSSR count).